The van der Waals surface area contributed by atoms with E-state index in [4.69, 9.17) is 9.84 Å². The van der Waals surface area contributed by atoms with Crippen molar-refractivity contribution >= 4 is 27.3 Å². The third-order valence-electron chi connectivity index (χ3n) is 3.15. The molecule has 1 fully saturated rings. The second-order valence-electron chi connectivity index (χ2n) is 4.72. The van der Waals surface area contributed by atoms with Crippen molar-refractivity contribution in [1.82, 2.24) is 4.31 Å². The van der Waals surface area contributed by atoms with Crippen molar-refractivity contribution in [3.05, 3.63) is 15.8 Å². The highest BCUT2D eigenvalue weighted by Crippen LogP contribution is 2.36. The molecule has 1 aromatic rings. The monoisotopic (exact) mass is 319 g/mol. The van der Waals surface area contributed by atoms with Crippen LogP contribution >= 0.6 is 11.3 Å². The first-order chi connectivity index (χ1) is 9.39. The van der Waals surface area contributed by atoms with Crippen molar-refractivity contribution in [2.45, 2.75) is 30.7 Å². The zero-order chi connectivity index (χ0) is 14.9. The fourth-order valence-corrected chi connectivity index (χ4v) is 5.32. The Morgan fingerprint density at radius 3 is 2.70 bits per heavy atom. The highest BCUT2D eigenvalue weighted by Gasteiger charge is 2.40. The van der Waals surface area contributed by atoms with E-state index in [1.165, 1.54) is 11.4 Å². The van der Waals surface area contributed by atoms with Crippen molar-refractivity contribution in [2.75, 3.05) is 20.3 Å². The molecule has 0 unspecified atom stereocenters. The van der Waals surface area contributed by atoms with Gasteiger partial charge in [-0.1, -0.05) is 0 Å². The number of hydrogen-bond acceptors (Lipinski definition) is 5. The molecule has 0 bridgehead atoms. The molecule has 6 nitrogen and oxygen atoms in total. The van der Waals surface area contributed by atoms with Crippen molar-refractivity contribution < 1.29 is 23.1 Å². The summed E-state index contributed by atoms with van der Waals surface area (Å²) >= 11 is 0.948. The molecule has 1 saturated carbocycles. The lowest BCUT2D eigenvalue weighted by atomic mass is 10.3. The molecule has 0 radical (unpaired) electrons. The summed E-state index contributed by atoms with van der Waals surface area (Å²) in [4.78, 5) is 11.0. The molecule has 1 aromatic heterocycles. The molecule has 0 aromatic carbocycles. The minimum Gasteiger partial charge on any atom is -0.477 e. The Morgan fingerprint density at radius 2 is 2.20 bits per heavy atom. The summed E-state index contributed by atoms with van der Waals surface area (Å²) in [5.41, 5.74) is 0.482. The van der Waals surface area contributed by atoms with E-state index in [9.17, 15) is 13.2 Å². The average Bonchev–Trinajstić information content (AvgIpc) is 3.10. The molecule has 0 atom stereocenters. The number of hydrogen-bond donors (Lipinski definition) is 1. The smallest absolute Gasteiger partial charge is 0.347 e. The summed E-state index contributed by atoms with van der Waals surface area (Å²) in [6.45, 7) is 2.16. The van der Waals surface area contributed by atoms with Gasteiger partial charge in [-0.15, -0.1) is 11.3 Å². The number of sulfonamides is 1. The van der Waals surface area contributed by atoms with Crippen LogP contribution in [0.25, 0.3) is 0 Å². The number of carbonyl (C=O) groups is 1. The van der Waals surface area contributed by atoms with E-state index in [0.717, 1.165) is 24.2 Å². The van der Waals surface area contributed by atoms with Crippen LogP contribution in [0.1, 0.15) is 28.1 Å². The van der Waals surface area contributed by atoms with Crippen LogP contribution < -0.4 is 0 Å². The van der Waals surface area contributed by atoms with E-state index in [1.807, 2.05) is 0 Å². The zero-order valence-corrected chi connectivity index (χ0v) is 13.0. The predicted octanol–water partition coefficient (Wildman–Crippen LogP) is 1.55. The van der Waals surface area contributed by atoms with Gasteiger partial charge in [0, 0.05) is 19.7 Å². The zero-order valence-electron chi connectivity index (χ0n) is 11.3. The van der Waals surface area contributed by atoms with Gasteiger partial charge in [-0.25, -0.2) is 13.2 Å². The number of aromatic carboxylic acids is 1. The van der Waals surface area contributed by atoms with Gasteiger partial charge >= 0.3 is 5.97 Å². The molecular weight excluding hydrogens is 302 g/mol. The maximum absolute atomic E-state index is 12.7. The van der Waals surface area contributed by atoms with Crippen LogP contribution in [0.3, 0.4) is 0 Å². The van der Waals surface area contributed by atoms with Crippen LogP contribution in [-0.4, -0.2) is 50.1 Å². The van der Waals surface area contributed by atoms with E-state index in [-0.39, 0.29) is 22.4 Å². The number of methoxy groups -OCH3 is 1. The third-order valence-corrected chi connectivity index (χ3v) is 6.50. The van der Waals surface area contributed by atoms with Gasteiger partial charge in [-0.2, -0.15) is 4.31 Å². The van der Waals surface area contributed by atoms with Gasteiger partial charge in [0.25, 0.3) is 0 Å². The maximum atomic E-state index is 12.7. The molecule has 0 spiro atoms. The SMILES string of the molecule is COCCN(C1CC1)S(=O)(=O)c1c(C)csc1C(=O)O. The number of carboxylic acids is 1. The van der Waals surface area contributed by atoms with Gasteiger partial charge in [0.15, 0.2) is 0 Å². The Balaban J connectivity index is 2.42. The normalized spacial score (nSPS) is 15.8. The topological polar surface area (TPSA) is 83.9 Å². The van der Waals surface area contributed by atoms with Crippen molar-refractivity contribution in [1.29, 1.82) is 0 Å². The first-order valence-corrected chi connectivity index (χ1v) is 8.53. The highest BCUT2D eigenvalue weighted by molar-refractivity contribution is 7.89. The first-order valence-electron chi connectivity index (χ1n) is 6.21. The lowest BCUT2D eigenvalue weighted by Gasteiger charge is -2.21. The Labute approximate surface area is 122 Å². The average molecular weight is 319 g/mol. The van der Waals surface area contributed by atoms with Crippen molar-refractivity contribution in [2.24, 2.45) is 0 Å². The molecule has 112 valence electrons. The lowest BCUT2D eigenvalue weighted by molar-refractivity contribution is 0.0698. The molecule has 1 heterocycles. The van der Waals surface area contributed by atoms with Gasteiger partial charge in [0.1, 0.15) is 9.77 Å². The molecule has 1 aliphatic rings. The van der Waals surface area contributed by atoms with Gasteiger partial charge < -0.3 is 9.84 Å². The van der Waals surface area contributed by atoms with Crippen LogP contribution in [0, 0.1) is 6.92 Å². The third kappa shape index (κ3) is 2.88. The first kappa shape index (κ1) is 15.4. The fraction of sp³-hybridized carbons (Fsp3) is 0.583. The Kier molecular flexibility index (Phi) is 4.48. The van der Waals surface area contributed by atoms with Crippen molar-refractivity contribution in [3.8, 4) is 0 Å². The largest absolute Gasteiger partial charge is 0.477 e. The van der Waals surface area contributed by atoms with Gasteiger partial charge in [-0.3, -0.25) is 0 Å². The molecule has 2 rings (SSSR count). The number of thiophene rings is 1. The number of ether oxygens (including phenoxy) is 1. The summed E-state index contributed by atoms with van der Waals surface area (Å²) in [6, 6.07) is -0.0314. The molecule has 1 N–H and O–H groups in total. The molecule has 0 amide bonds. The van der Waals surface area contributed by atoms with Gasteiger partial charge in [0.2, 0.25) is 10.0 Å². The van der Waals surface area contributed by atoms with Crippen molar-refractivity contribution in [3.63, 3.8) is 0 Å². The van der Waals surface area contributed by atoms with Crippen LogP contribution in [0.4, 0.5) is 0 Å². The Bertz CT molecular complexity index is 603. The number of rotatable bonds is 7. The number of nitrogens with zero attached hydrogens (tertiary/aromatic N) is 1. The predicted molar refractivity (Wildman–Crippen MR) is 74.8 cm³/mol. The van der Waals surface area contributed by atoms with Crippen LogP contribution in [0.5, 0.6) is 0 Å². The summed E-state index contributed by atoms with van der Waals surface area (Å²) in [7, 11) is -2.28. The summed E-state index contributed by atoms with van der Waals surface area (Å²) in [5.74, 6) is -1.20. The van der Waals surface area contributed by atoms with E-state index in [0.29, 0.717) is 12.2 Å². The Morgan fingerprint density at radius 1 is 1.55 bits per heavy atom. The molecule has 20 heavy (non-hydrogen) atoms. The van der Waals surface area contributed by atoms with E-state index in [1.54, 1.807) is 12.3 Å². The van der Waals surface area contributed by atoms with E-state index < -0.39 is 16.0 Å². The fourth-order valence-electron chi connectivity index (χ4n) is 2.06. The minimum atomic E-state index is -3.79. The molecule has 0 saturated heterocycles. The van der Waals surface area contributed by atoms with Gasteiger partial charge in [0.05, 0.1) is 6.61 Å². The minimum absolute atomic E-state index is 0.0314. The van der Waals surface area contributed by atoms with E-state index in [2.05, 4.69) is 0 Å². The molecule has 8 heteroatoms. The van der Waals surface area contributed by atoms with Crippen LogP contribution in [0.2, 0.25) is 0 Å². The molecule has 1 aliphatic carbocycles. The summed E-state index contributed by atoms with van der Waals surface area (Å²) in [6.07, 6.45) is 1.63. The standard InChI is InChI=1S/C12H17NO5S2/c1-8-7-19-10(12(14)15)11(8)20(16,17)13(5-6-18-2)9-3-4-9/h7,9H,3-6H2,1-2H3,(H,14,15). The van der Waals surface area contributed by atoms with E-state index >= 15 is 0 Å². The number of carboxylic acid groups (broad SMARTS) is 1. The van der Waals surface area contributed by atoms with Crippen LogP contribution in [-0.2, 0) is 14.8 Å². The molecular formula is C12H17NO5S2. The summed E-state index contributed by atoms with van der Waals surface area (Å²) in [5, 5.41) is 10.7. The maximum Gasteiger partial charge on any atom is 0.347 e. The highest BCUT2D eigenvalue weighted by atomic mass is 32.2. The summed E-state index contributed by atoms with van der Waals surface area (Å²) < 4.78 is 31.8. The van der Waals surface area contributed by atoms with Crippen LogP contribution in [0.15, 0.2) is 10.3 Å². The molecule has 0 aliphatic heterocycles. The quantitative estimate of drug-likeness (QED) is 0.824. The Hall–Kier alpha value is -0.960. The second kappa shape index (κ2) is 5.80. The lowest BCUT2D eigenvalue weighted by Crippen LogP contribution is -2.36. The van der Waals surface area contributed by atoms with Gasteiger partial charge in [-0.05, 0) is 30.7 Å². The number of aryl methyl sites for hydroxylation is 1. The second-order valence-corrected chi connectivity index (χ2v) is 7.43.